The fourth-order valence-electron chi connectivity index (χ4n) is 4.33. The summed E-state index contributed by atoms with van der Waals surface area (Å²) in [5, 5.41) is 21.7. The number of piperidine rings is 1. The van der Waals surface area contributed by atoms with E-state index in [1.54, 1.807) is 29.1 Å². The van der Waals surface area contributed by atoms with Gasteiger partial charge in [-0.25, -0.2) is 4.98 Å². The van der Waals surface area contributed by atoms with Crippen LogP contribution in [0.1, 0.15) is 37.7 Å². The normalized spacial score (nSPS) is 15.8. The second-order valence-electron chi connectivity index (χ2n) is 8.30. The van der Waals surface area contributed by atoms with Crippen molar-refractivity contribution < 1.29 is 9.15 Å². The Bertz CT molecular complexity index is 1480. The molecule has 5 aromatic heterocycles. The van der Waals surface area contributed by atoms with Crippen LogP contribution in [0.4, 0.5) is 5.82 Å². The molecule has 3 N–H and O–H groups in total. The molecule has 1 aliphatic heterocycles. The fraction of sp³-hybridized carbons (Fsp3) is 0.318. The Balaban J connectivity index is 1.34. The molecule has 11 nitrogen and oxygen atoms in total. The number of rotatable bonds is 5. The summed E-state index contributed by atoms with van der Waals surface area (Å²) in [6.07, 6.45) is 8.84. The van der Waals surface area contributed by atoms with Crippen LogP contribution in [0.3, 0.4) is 0 Å². The smallest absolute Gasteiger partial charge is 0.205 e. The highest BCUT2D eigenvalue weighted by Crippen LogP contribution is 2.39. The molecule has 1 atom stereocenters. The van der Waals surface area contributed by atoms with Gasteiger partial charge in [0.2, 0.25) is 5.75 Å². The van der Waals surface area contributed by atoms with E-state index in [1.165, 1.54) is 0 Å². The van der Waals surface area contributed by atoms with Crippen molar-refractivity contribution in [3.05, 3.63) is 48.0 Å². The van der Waals surface area contributed by atoms with Gasteiger partial charge in [-0.3, -0.25) is 4.68 Å². The molecular formula is C22H22ClN9O2. The molecule has 0 aromatic carbocycles. The van der Waals surface area contributed by atoms with Crippen LogP contribution in [-0.4, -0.2) is 47.7 Å². The van der Waals surface area contributed by atoms with E-state index in [1.807, 2.05) is 17.8 Å². The number of nitrogens with one attached hydrogen (secondary N) is 1. The van der Waals surface area contributed by atoms with Gasteiger partial charge in [0.15, 0.2) is 29.0 Å². The Hall–Kier alpha value is -3.70. The maximum atomic E-state index is 6.18. The number of aromatic nitrogens is 7. The monoisotopic (exact) mass is 479 g/mol. The van der Waals surface area contributed by atoms with Crippen molar-refractivity contribution in [1.82, 2.24) is 39.9 Å². The predicted molar refractivity (Wildman–Crippen MR) is 126 cm³/mol. The number of ether oxygens (including phenoxy) is 1. The molecule has 5 aromatic rings. The second-order valence-corrected chi connectivity index (χ2v) is 8.69. The number of fused-ring (bicyclic) bond motifs is 2. The zero-order valence-corrected chi connectivity index (χ0v) is 19.1. The van der Waals surface area contributed by atoms with Crippen LogP contribution in [0.2, 0.25) is 5.15 Å². The number of nitrogens with two attached hydrogens (primary N) is 1. The number of hydrogen-bond acceptors (Lipinski definition) is 9. The highest BCUT2D eigenvalue weighted by molar-refractivity contribution is 6.29. The van der Waals surface area contributed by atoms with Crippen molar-refractivity contribution in [2.45, 2.75) is 31.9 Å². The molecule has 174 valence electrons. The topological polar surface area (TPSA) is 134 Å². The first-order chi connectivity index (χ1) is 16.6. The standard InChI is InChI=1S/C22H22ClN9O2/c1-12(22-29-28-18-3-2-17(23)30-32(18)22)34-20-19-15(9-26-21(20)24)16(11-33-19)13-8-27-31(10-13)14-4-6-25-7-5-14/h2-3,8-12,14,25H,4-7H2,1H3,(H2,24,26). The molecular weight excluding hydrogens is 458 g/mol. The lowest BCUT2D eigenvalue weighted by molar-refractivity contribution is 0.214. The Labute approximate surface area is 198 Å². The third-order valence-corrected chi connectivity index (χ3v) is 6.31. The van der Waals surface area contributed by atoms with Crippen molar-refractivity contribution in [3.63, 3.8) is 0 Å². The van der Waals surface area contributed by atoms with E-state index in [4.69, 9.17) is 26.5 Å². The van der Waals surface area contributed by atoms with Crippen molar-refractivity contribution in [2.75, 3.05) is 18.8 Å². The Morgan fingerprint density at radius 1 is 1.24 bits per heavy atom. The number of halogens is 1. The summed E-state index contributed by atoms with van der Waals surface area (Å²) in [6, 6.07) is 3.78. The van der Waals surface area contributed by atoms with Crippen LogP contribution >= 0.6 is 11.6 Å². The number of hydrogen-bond donors (Lipinski definition) is 2. The molecule has 0 amide bonds. The lowest BCUT2D eigenvalue weighted by Crippen LogP contribution is -2.29. The second kappa shape index (κ2) is 8.26. The summed E-state index contributed by atoms with van der Waals surface area (Å²) >= 11 is 6.04. The minimum absolute atomic E-state index is 0.213. The van der Waals surface area contributed by atoms with Crippen LogP contribution in [0.25, 0.3) is 27.7 Å². The summed E-state index contributed by atoms with van der Waals surface area (Å²) in [5.41, 5.74) is 9.07. The van der Waals surface area contributed by atoms with Crippen LogP contribution in [-0.2, 0) is 0 Å². The van der Waals surface area contributed by atoms with E-state index in [0.29, 0.717) is 34.0 Å². The molecule has 1 saturated heterocycles. The van der Waals surface area contributed by atoms with Gasteiger partial charge < -0.3 is 20.2 Å². The van der Waals surface area contributed by atoms with E-state index >= 15 is 0 Å². The van der Waals surface area contributed by atoms with E-state index in [-0.39, 0.29) is 5.82 Å². The molecule has 1 aliphatic rings. The summed E-state index contributed by atoms with van der Waals surface area (Å²) < 4.78 is 15.7. The lowest BCUT2D eigenvalue weighted by Gasteiger charge is -2.22. The molecule has 12 heteroatoms. The minimum Gasteiger partial charge on any atom is -0.475 e. The molecule has 0 radical (unpaired) electrons. The average Bonchev–Trinajstić information content (AvgIpc) is 3.59. The van der Waals surface area contributed by atoms with Crippen LogP contribution in [0, 0.1) is 0 Å². The first kappa shape index (κ1) is 20.9. The zero-order chi connectivity index (χ0) is 23.2. The van der Waals surface area contributed by atoms with Crippen LogP contribution < -0.4 is 15.8 Å². The van der Waals surface area contributed by atoms with E-state index in [9.17, 15) is 0 Å². The SMILES string of the molecule is CC(Oc1c(N)ncc2c(-c3cnn(C4CCNCC4)c3)coc12)c1nnc2ccc(Cl)nn12. The molecule has 1 unspecified atom stereocenters. The quantitative estimate of drug-likeness (QED) is 0.388. The van der Waals surface area contributed by atoms with Crippen molar-refractivity contribution in [3.8, 4) is 16.9 Å². The number of furan rings is 1. The van der Waals surface area contributed by atoms with E-state index in [0.717, 1.165) is 42.4 Å². The number of pyridine rings is 1. The van der Waals surface area contributed by atoms with Gasteiger partial charge in [-0.1, -0.05) is 11.6 Å². The highest BCUT2D eigenvalue weighted by Gasteiger charge is 2.23. The van der Waals surface area contributed by atoms with Gasteiger partial charge in [0, 0.05) is 23.5 Å². The first-order valence-corrected chi connectivity index (χ1v) is 11.4. The van der Waals surface area contributed by atoms with Gasteiger partial charge in [0.05, 0.1) is 17.6 Å². The van der Waals surface area contributed by atoms with E-state index < -0.39 is 6.10 Å². The number of nitrogens with zero attached hydrogens (tertiary/aromatic N) is 7. The molecule has 0 saturated carbocycles. The third kappa shape index (κ3) is 3.53. The van der Waals surface area contributed by atoms with Crippen molar-refractivity contribution >= 4 is 34.0 Å². The molecule has 0 spiro atoms. The van der Waals surface area contributed by atoms with Gasteiger partial charge >= 0.3 is 0 Å². The van der Waals surface area contributed by atoms with Gasteiger partial charge in [0.25, 0.3) is 0 Å². The van der Waals surface area contributed by atoms with Crippen molar-refractivity contribution in [1.29, 1.82) is 0 Å². The Kier molecular flexibility index (Phi) is 5.07. The molecule has 1 fully saturated rings. The molecule has 34 heavy (non-hydrogen) atoms. The lowest BCUT2D eigenvalue weighted by atomic mass is 10.1. The Morgan fingerprint density at radius 2 is 2.09 bits per heavy atom. The minimum atomic E-state index is -0.549. The first-order valence-electron chi connectivity index (χ1n) is 11.0. The third-order valence-electron chi connectivity index (χ3n) is 6.11. The van der Waals surface area contributed by atoms with Crippen LogP contribution in [0.15, 0.2) is 41.4 Å². The Morgan fingerprint density at radius 3 is 2.94 bits per heavy atom. The summed E-state index contributed by atoms with van der Waals surface area (Å²) in [6.45, 7) is 3.82. The van der Waals surface area contributed by atoms with Gasteiger partial charge in [0.1, 0.15) is 11.4 Å². The predicted octanol–water partition coefficient (Wildman–Crippen LogP) is 3.43. The van der Waals surface area contributed by atoms with Gasteiger partial charge in [-0.05, 0) is 45.0 Å². The maximum absolute atomic E-state index is 6.18. The van der Waals surface area contributed by atoms with Crippen molar-refractivity contribution in [2.24, 2.45) is 0 Å². The molecule has 6 rings (SSSR count). The largest absolute Gasteiger partial charge is 0.475 e. The highest BCUT2D eigenvalue weighted by atomic mass is 35.5. The summed E-state index contributed by atoms with van der Waals surface area (Å²) in [7, 11) is 0. The molecule has 6 heterocycles. The van der Waals surface area contributed by atoms with E-state index in [2.05, 4.69) is 36.9 Å². The fourth-order valence-corrected chi connectivity index (χ4v) is 4.47. The summed E-state index contributed by atoms with van der Waals surface area (Å²) in [4.78, 5) is 4.35. The molecule has 0 bridgehead atoms. The zero-order valence-electron chi connectivity index (χ0n) is 18.3. The average molecular weight is 480 g/mol. The number of nitrogen functional groups attached to an aromatic ring is 1. The summed E-state index contributed by atoms with van der Waals surface area (Å²) in [5.74, 6) is 1.02. The molecule has 0 aliphatic carbocycles. The van der Waals surface area contributed by atoms with Crippen LogP contribution in [0.5, 0.6) is 5.75 Å². The maximum Gasteiger partial charge on any atom is 0.205 e. The van der Waals surface area contributed by atoms with Gasteiger partial charge in [-0.2, -0.15) is 14.7 Å². The van der Waals surface area contributed by atoms with Gasteiger partial charge in [-0.15, -0.1) is 10.2 Å². The number of anilines is 1.